The molecule has 5 nitrogen and oxygen atoms in total. The monoisotopic (exact) mass is 405 g/mol. The van der Waals surface area contributed by atoms with Crippen LogP contribution in [0.25, 0.3) is 10.6 Å². The van der Waals surface area contributed by atoms with E-state index in [4.69, 9.17) is 0 Å². The molecule has 0 aliphatic carbocycles. The maximum Gasteiger partial charge on any atom is 0.227 e. The summed E-state index contributed by atoms with van der Waals surface area (Å²) in [4.78, 5) is 32.4. The summed E-state index contributed by atoms with van der Waals surface area (Å²) in [7, 11) is 0. The summed E-state index contributed by atoms with van der Waals surface area (Å²) in [5, 5.41) is 5.00. The Morgan fingerprint density at radius 1 is 1.21 bits per heavy atom. The second kappa shape index (κ2) is 8.17. The lowest BCUT2D eigenvalue weighted by Crippen LogP contribution is -2.32. The van der Waals surface area contributed by atoms with E-state index < -0.39 is 0 Å². The van der Waals surface area contributed by atoms with Crippen LogP contribution in [-0.4, -0.2) is 23.3 Å². The zero-order valence-electron chi connectivity index (χ0n) is 16.5. The minimum Gasteiger partial charge on any atom is -0.352 e. The zero-order chi connectivity index (χ0) is 20.4. The van der Waals surface area contributed by atoms with Crippen molar-refractivity contribution in [3.8, 4) is 10.6 Å². The van der Waals surface area contributed by atoms with Gasteiger partial charge in [0.15, 0.2) is 0 Å². The lowest BCUT2D eigenvalue weighted by atomic mass is 10.1. The molecule has 2 amide bonds. The first-order valence-electron chi connectivity index (χ1n) is 9.65. The van der Waals surface area contributed by atoms with E-state index in [0.717, 1.165) is 27.4 Å². The number of nitrogens with zero attached hydrogens (tertiary/aromatic N) is 2. The Bertz CT molecular complexity index is 1050. The molecule has 29 heavy (non-hydrogen) atoms. The van der Waals surface area contributed by atoms with Gasteiger partial charge >= 0.3 is 0 Å². The summed E-state index contributed by atoms with van der Waals surface area (Å²) in [5.74, 6) is -0.417. The second-order valence-corrected chi connectivity index (χ2v) is 8.37. The topological polar surface area (TPSA) is 62.3 Å². The highest BCUT2D eigenvalue weighted by molar-refractivity contribution is 7.13. The average molecular weight is 406 g/mol. The van der Waals surface area contributed by atoms with E-state index in [-0.39, 0.29) is 24.2 Å². The Balaban J connectivity index is 1.39. The molecular formula is C23H23N3O2S. The van der Waals surface area contributed by atoms with E-state index >= 15 is 0 Å². The largest absolute Gasteiger partial charge is 0.352 e. The van der Waals surface area contributed by atoms with Crippen LogP contribution in [0.4, 0.5) is 5.69 Å². The number of nitrogens with one attached hydrogen (secondary N) is 1. The van der Waals surface area contributed by atoms with Crippen LogP contribution in [0, 0.1) is 19.8 Å². The summed E-state index contributed by atoms with van der Waals surface area (Å²) < 4.78 is 0. The average Bonchev–Trinajstić information content (AvgIpc) is 3.39. The molecule has 1 fully saturated rings. The van der Waals surface area contributed by atoms with Crippen molar-refractivity contribution in [1.29, 1.82) is 0 Å². The summed E-state index contributed by atoms with van der Waals surface area (Å²) in [6, 6.07) is 13.9. The van der Waals surface area contributed by atoms with Gasteiger partial charge in [0.25, 0.3) is 0 Å². The molecule has 3 aromatic rings. The van der Waals surface area contributed by atoms with E-state index in [1.165, 1.54) is 5.56 Å². The van der Waals surface area contributed by atoms with E-state index in [1.54, 1.807) is 22.4 Å². The fourth-order valence-corrected chi connectivity index (χ4v) is 4.20. The molecule has 1 aliphatic rings. The van der Waals surface area contributed by atoms with Crippen molar-refractivity contribution in [2.24, 2.45) is 5.92 Å². The molecule has 0 bridgehead atoms. The lowest BCUT2D eigenvalue weighted by molar-refractivity contribution is -0.126. The number of aromatic nitrogens is 1. The van der Waals surface area contributed by atoms with Crippen LogP contribution < -0.4 is 10.2 Å². The van der Waals surface area contributed by atoms with Crippen molar-refractivity contribution in [3.63, 3.8) is 0 Å². The number of anilines is 1. The van der Waals surface area contributed by atoms with Gasteiger partial charge in [-0.1, -0.05) is 12.1 Å². The van der Waals surface area contributed by atoms with Crippen molar-refractivity contribution >= 4 is 28.8 Å². The van der Waals surface area contributed by atoms with Crippen LogP contribution in [0.3, 0.4) is 0 Å². The highest BCUT2D eigenvalue weighted by Crippen LogP contribution is 2.27. The smallest absolute Gasteiger partial charge is 0.227 e. The third-order valence-corrected chi connectivity index (χ3v) is 6.26. The Morgan fingerprint density at radius 3 is 2.83 bits per heavy atom. The van der Waals surface area contributed by atoms with Gasteiger partial charge in [-0.05, 0) is 66.2 Å². The number of amides is 2. The molecule has 0 spiro atoms. The zero-order valence-corrected chi connectivity index (χ0v) is 17.3. The van der Waals surface area contributed by atoms with Crippen LogP contribution in [0.2, 0.25) is 0 Å². The van der Waals surface area contributed by atoms with Crippen LogP contribution in [-0.2, 0) is 16.1 Å². The molecule has 6 heteroatoms. The van der Waals surface area contributed by atoms with E-state index in [9.17, 15) is 9.59 Å². The summed E-state index contributed by atoms with van der Waals surface area (Å²) in [5.41, 5.74) is 5.09. The van der Waals surface area contributed by atoms with Crippen molar-refractivity contribution in [2.45, 2.75) is 26.8 Å². The predicted molar refractivity (Wildman–Crippen MR) is 116 cm³/mol. The first kappa shape index (κ1) is 19.3. The Hall–Kier alpha value is -2.99. The summed E-state index contributed by atoms with van der Waals surface area (Å²) in [6.45, 7) is 4.92. The molecule has 0 saturated carbocycles. The number of carbonyl (C=O) groups excluding carboxylic acids is 2. The number of rotatable bonds is 5. The van der Waals surface area contributed by atoms with E-state index in [1.807, 2.05) is 61.7 Å². The molecule has 0 radical (unpaired) electrons. The SMILES string of the molecule is Cc1ccc(N2CC(C(=O)NCc3ccnc(-c4cccs4)c3)CC2=O)cc1C. The highest BCUT2D eigenvalue weighted by atomic mass is 32.1. The second-order valence-electron chi connectivity index (χ2n) is 7.42. The summed E-state index contributed by atoms with van der Waals surface area (Å²) >= 11 is 1.64. The van der Waals surface area contributed by atoms with Gasteiger partial charge in [-0.2, -0.15) is 0 Å². The third-order valence-electron chi connectivity index (χ3n) is 5.36. The van der Waals surface area contributed by atoms with Crippen molar-refractivity contribution in [3.05, 3.63) is 70.7 Å². The number of thiophene rings is 1. The maximum absolute atomic E-state index is 12.7. The molecule has 1 unspecified atom stereocenters. The number of hydrogen-bond acceptors (Lipinski definition) is 4. The third kappa shape index (κ3) is 4.22. The van der Waals surface area contributed by atoms with Crippen LogP contribution in [0.15, 0.2) is 54.0 Å². The highest BCUT2D eigenvalue weighted by Gasteiger charge is 2.35. The number of carbonyl (C=O) groups is 2. The Labute approximate surface area is 174 Å². The van der Waals surface area contributed by atoms with Crippen LogP contribution >= 0.6 is 11.3 Å². The number of hydrogen-bond donors (Lipinski definition) is 1. The number of benzene rings is 1. The van der Waals surface area contributed by atoms with E-state index in [2.05, 4.69) is 10.3 Å². The number of aryl methyl sites for hydroxylation is 2. The normalized spacial score (nSPS) is 16.3. The summed E-state index contributed by atoms with van der Waals surface area (Å²) in [6.07, 6.45) is 2.01. The van der Waals surface area contributed by atoms with Crippen LogP contribution in [0.1, 0.15) is 23.1 Å². The lowest BCUT2D eigenvalue weighted by Gasteiger charge is -2.18. The van der Waals surface area contributed by atoms with Gasteiger partial charge in [0, 0.05) is 31.4 Å². The molecule has 1 atom stereocenters. The molecule has 2 aromatic heterocycles. The fourth-order valence-electron chi connectivity index (χ4n) is 3.50. The van der Waals surface area contributed by atoms with Gasteiger partial charge in [0.05, 0.1) is 16.5 Å². The van der Waals surface area contributed by atoms with Gasteiger partial charge in [0.1, 0.15) is 0 Å². The fraction of sp³-hybridized carbons (Fsp3) is 0.261. The van der Waals surface area contributed by atoms with Crippen molar-refractivity contribution in [2.75, 3.05) is 11.4 Å². The molecule has 1 saturated heterocycles. The first-order chi connectivity index (χ1) is 14.0. The van der Waals surface area contributed by atoms with Gasteiger partial charge in [-0.15, -0.1) is 11.3 Å². The quantitative estimate of drug-likeness (QED) is 0.695. The molecular weight excluding hydrogens is 382 g/mol. The molecule has 148 valence electrons. The molecule has 3 heterocycles. The predicted octanol–water partition coefficient (Wildman–Crippen LogP) is 4.10. The molecule has 1 aromatic carbocycles. The Morgan fingerprint density at radius 2 is 2.07 bits per heavy atom. The molecule has 1 N–H and O–H groups in total. The van der Waals surface area contributed by atoms with Gasteiger partial charge in [0.2, 0.25) is 11.8 Å². The first-order valence-corrected chi connectivity index (χ1v) is 10.5. The van der Waals surface area contributed by atoms with Gasteiger partial charge in [-0.25, -0.2) is 0 Å². The molecule has 1 aliphatic heterocycles. The number of pyridine rings is 1. The Kier molecular flexibility index (Phi) is 5.45. The standard InChI is InChI=1S/C23H23N3O2S/c1-15-5-6-19(10-16(15)2)26-14-18(12-22(26)27)23(28)25-13-17-7-8-24-20(11-17)21-4-3-9-29-21/h3-11,18H,12-14H2,1-2H3,(H,25,28). The van der Waals surface area contributed by atoms with Crippen molar-refractivity contribution in [1.82, 2.24) is 10.3 Å². The molecule has 4 rings (SSSR count). The van der Waals surface area contributed by atoms with Gasteiger partial charge < -0.3 is 10.2 Å². The van der Waals surface area contributed by atoms with Crippen molar-refractivity contribution < 1.29 is 9.59 Å². The maximum atomic E-state index is 12.7. The van der Waals surface area contributed by atoms with Crippen LogP contribution in [0.5, 0.6) is 0 Å². The van der Waals surface area contributed by atoms with Gasteiger partial charge in [-0.3, -0.25) is 14.6 Å². The van der Waals surface area contributed by atoms with E-state index in [0.29, 0.717) is 13.1 Å². The minimum absolute atomic E-state index is 0.00250. The minimum atomic E-state index is -0.331.